The van der Waals surface area contributed by atoms with E-state index in [0.717, 1.165) is 11.4 Å². The Morgan fingerprint density at radius 3 is 2.64 bits per heavy atom. The van der Waals surface area contributed by atoms with E-state index in [-0.39, 0.29) is 11.7 Å². The largest absolute Gasteiger partial charge is 0.507 e. The number of rotatable bonds is 3. The van der Waals surface area contributed by atoms with Gasteiger partial charge in [0, 0.05) is 17.6 Å². The minimum absolute atomic E-state index is 0.0634. The molecule has 0 spiro atoms. The highest BCUT2D eigenvalue weighted by Crippen LogP contribution is 2.35. The number of aromatic hydroxyl groups is 1. The molecule has 0 aromatic heterocycles. The van der Waals surface area contributed by atoms with Gasteiger partial charge in [0.15, 0.2) is 5.17 Å². The molecular weight excluding hydrogens is 360 g/mol. The van der Waals surface area contributed by atoms with Crippen LogP contribution < -0.4 is 4.74 Å². The van der Waals surface area contributed by atoms with Crippen LogP contribution in [0.5, 0.6) is 11.5 Å². The second-order valence-electron chi connectivity index (χ2n) is 5.27. The maximum absolute atomic E-state index is 12.4. The third-order valence-electron chi connectivity index (χ3n) is 3.58. The highest BCUT2D eigenvalue weighted by atomic mass is 35.5. The smallest absolute Gasteiger partial charge is 0.266 e. The lowest BCUT2D eigenvalue weighted by Crippen LogP contribution is -2.23. The van der Waals surface area contributed by atoms with Gasteiger partial charge in [0.25, 0.3) is 5.91 Å². The van der Waals surface area contributed by atoms with E-state index in [2.05, 4.69) is 4.99 Å². The SMILES string of the molecule is COc1ccc(N=C2SC(=Cc3cc(Cl)ccc3O)C(=O)N2C)cc1. The molecular formula is C18H15ClN2O3S. The van der Waals surface area contributed by atoms with Crippen molar-refractivity contribution in [1.82, 2.24) is 4.90 Å². The molecule has 128 valence electrons. The number of nitrogens with zero attached hydrogens (tertiary/aromatic N) is 2. The normalized spacial score (nSPS) is 17.6. The molecule has 2 aromatic rings. The van der Waals surface area contributed by atoms with Crippen LogP contribution in [0.1, 0.15) is 5.56 Å². The van der Waals surface area contributed by atoms with Crippen LogP contribution in [0.2, 0.25) is 5.02 Å². The maximum atomic E-state index is 12.4. The highest BCUT2D eigenvalue weighted by Gasteiger charge is 2.30. The average molecular weight is 375 g/mol. The molecule has 0 unspecified atom stereocenters. The molecule has 0 aliphatic carbocycles. The van der Waals surface area contributed by atoms with Gasteiger partial charge in [0.2, 0.25) is 0 Å². The summed E-state index contributed by atoms with van der Waals surface area (Å²) < 4.78 is 5.12. The van der Waals surface area contributed by atoms with Crippen LogP contribution in [0.25, 0.3) is 6.08 Å². The number of carbonyl (C=O) groups is 1. The quantitative estimate of drug-likeness (QED) is 0.814. The number of carbonyl (C=O) groups excluding carboxylic acids is 1. The number of amides is 1. The number of likely N-dealkylation sites (N-methyl/N-ethyl adjacent to an activating group) is 1. The van der Waals surface area contributed by atoms with Gasteiger partial charge in [-0.3, -0.25) is 9.69 Å². The maximum Gasteiger partial charge on any atom is 0.266 e. The number of halogens is 1. The molecule has 1 N–H and O–H groups in total. The summed E-state index contributed by atoms with van der Waals surface area (Å²) in [6.07, 6.45) is 1.61. The van der Waals surface area contributed by atoms with Gasteiger partial charge < -0.3 is 9.84 Å². The molecule has 0 atom stereocenters. The number of benzene rings is 2. The zero-order valence-corrected chi connectivity index (χ0v) is 15.1. The Labute approximate surface area is 154 Å². The van der Waals surface area contributed by atoms with Crippen LogP contribution in [-0.4, -0.2) is 35.2 Å². The number of methoxy groups -OCH3 is 1. The van der Waals surface area contributed by atoms with Crippen molar-refractivity contribution in [1.29, 1.82) is 0 Å². The Kier molecular flexibility index (Phi) is 5.01. The van der Waals surface area contributed by atoms with Crippen molar-refractivity contribution >= 4 is 46.2 Å². The predicted molar refractivity (Wildman–Crippen MR) is 102 cm³/mol. The number of ether oxygens (including phenoxy) is 1. The highest BCUT2D eigenvalue weighted by molar-refractivity contribution is 8.18. The minimum atomic E-state index is -0.184. The van der Waals surface area contributed by atoms with E-state index < -0.39 is 0 Å². The summed E-state index contributed by atoms with van der Waals surface area (Å²) >= 11 is 7.19. The van der Waals surface area contributed by atoms with Crippen molar-refractivity contribution < 1.29 is 14.6 Å². The molecule has 1 amide bonds. The van der Waals surface area contributed by atoms with Crippen LogP contribution in [0.4, 0.5) is 5.69 Å². The standard InChI is InChI=1S/C18H15ClN2O3S/c1-21-17(23)16(10-11-9-12(19)3-8-15(11)22)25-18(21)20-13-4-6-14(24-2)7-5-13/h3-10,22H,1-2H3. The average Bonchev–Trinajstić information content (AvgIpc) is 2.87. The number of aliphatic imine (C=N–C) groups is 1. The first-order chi connectivity index (χ1) is 12.0. The van der Waals surface area contributed by atoms with Crippen molar-refractivity contribution in [3.8, 4) is 11.5 Å². The number of phenolic OH excluding ortho intramolecular Hbond substituents is 1. The van der Waals surface area contributed by atoms with E-state index in [9.17, 15) is 9.90 Å². The predicted octanol–water partition coefficient (Wildman–Crippen LogP) is 4.29. The Bertz CT molecular complexity index is 878. The summed E-state index contributed by atoms with van der Waals surface area (Å²) in [5.74, 6) is 0.620. The summed E-state index contributed by atoms with van der Waals surface area (Å²) in [4.78, 5) is 18.9. The Hall–Kier alpha value is -2.44. The van der Waals surface area contributed by atoms with Crippen LogP contribution in [0, 0.1) is 0 Å². The van der Waals surface area contributed by atoms with E-state index >= 15 is 0 Å². The summed E-state index contributed by atoms with van der Waals surface area (Å²) in [5, 5.41) is 11.0. The van der Waals surface area contributed by atoms with Crippen molar-refractivity contribution in [3.05, 3.63) is 58.0 Å². The molecule has 7 heteroatoms. The van der Waals surface area contributed by atoms with Crippen molar-refractivity contribution in [2.45, 2.75) is 0 Å². The molecule has 25 heavy (non-hydrogen) atoms. The molecule has 1 saturated heterocycles. The van der Waals surface area contributed by atoms with Crippen molar-refractivity contribution in [2.24, 2.45) is 4.99 Å². The summed E-state index contributed by atoms with van der Waals surface area (Å²) in [7, 11) is 3.26. The number of hydrogen-bond acceptors (Lipinski definition) is 5. The molecule has 0 radical (unpaired) electrons. The van der Waals surface area contributed by atoms with Gasteiger partial charge in [-0.15, -0.1) is 0 Å². The van der Waals surface area contributed by atoms with Gasteiger partial charge in [-0.05, 0) is 60.3 Å². The van der Waals surface area contributed by atoms with Crippen molar-refractivity contribution in [3.63, 3.8) is 0 Å². The lowest BCUT2D eigenvalue weighted by Gasteiger charge is -2.07. The van der Waals surface area contributed by atoms with Gasteiger partial charge in [0.05, 0.1) is 17.7 Å². The van der Waals surface area contributed by atoms with Gasteiger partial charge in [-0.25, -0.2) is 4.99 Å². The topological polar surface area (TPSA) is 62.1 Å². The van der Waals surface area contributed by atoms with Crippen LogP contribution in [0.15, 0.2) is 52.4 Å². The minimum Gasteiger partial charge on any atom is -0.507 e. The molecule has 1 heterocycles. The van der Waals surface area contributed by atoms with Gasteiger partial charge in [-0.1, -0.05) is 11.6 Å². The zero-order valence-electron chi connectivity index (χ0n) is 13.6. The number of hydrogen-bond donors (Lipinski definition) is 1. The molecule has 0 bridgehead atoms. The molecule has 5 nitrogen and oxygen atoms in total. The van der Waals surface area contributed by atoms with E-state index in [1.54, 1.807) is 32.4 Å². The van der Waals surface area contributed by atoms with Crippen molar-refractivity contribution in [2.75, 3.05) is 14.2 Å². The molecule has 0 saturated carbocycles. The van der Waals surface area contributed by atoms with E-state index in [1.165, 1.54) is 22.7 Å². The third kappa shape index (κ3) is 3.81. The number of phenols is 1. The van der Waals surface area contributed by atoms with E-state index in [0.29, 0.717) is 20.7 Å². The second kappa shape index (κ2) is 7.21. The molecule has 1 fully saturated rings. The van der Waals surface area contributed by atoms with Gasteiger partial charge in [0.1, 0.15) is 11.5 Å². The zero-order chi connectivity index (χ0) is 18.0. The lowest BCUT2D eigenvalue weighted by atomic mass is 10.2. The fourth-order valence-electron chi connectivity index (χ4n) is 2.20. The fraction of sp³-hybridized carbons (Fsp3) is 0.111. The Morgan fingerprint density at radius 2 is 1.96 bits per heavy atom. The van der Waals surface area contributed by atoms with Crippen LogP contribution in [0.3, 0.4) is 0 Å². The monoisotopic (exact) mass is 374 g/mol. The molecule has 3 rings (SSSR count). The van der Waals surface area contributed by atoms with Gasteiger partial charge >= 0.3 is 0 Å². The Balaban J connectivity index is 1.90. The van der Waals surface area contributed by atoms with E-state index in [1.807, 2.05) is 24.3 Å². The summed E-state index contributed by atoms with van der Waals surface area (Å²) in [6, 6.07) is 11.9. The molecule has 1 aliphatic rings. The van der Waals surface area contributed by atoms with Crippen LogP contribution >= 0.6 is 23.4 Å². The van der Waals surface area contributed by atoms with Crippen LogP contribution in [-0.2, 0) is 4.79 Å². The summed E-state index contributed by atoms with van der Waals surface area (Å²) in [6.45, 7) is 0. The number of amidine groups is 1. The van der Waals surface area contributed by atoms with E-state index in [4.69, 9.17) is 16.3 Å². The van der Waals surface area contributed by atoms with Gasteiger partial charge in [-0.2, -0.15) is 0 Å². The molecule has 1 aliphatic heterocycles. The first kappa shape index (κ1) is 17.4. The second-order valence-corrected chi connectivity index (χ2v) is 6.72. The fourth-order valence-corrected chi connectivity index (χ4v) is 3.36. The first-order valence-electron chi connectivity index (χ1n) is 7.37. The number of thioether (sulfide) groups is 1. The third-order valence-corrected chi connectivity index (χ3v) is 4.87. The molecule has 2 aromatic carbocycles. The Morgan fingerprint density at radius 1 is 1.24 bits per heavy atom. The first-order valence-corrected chi connectivity index (χ1v) is 8.56. The lowest BCUT2D eigenvalue weighted by molar-refractivity contribution is -0.121. The summed E-state index contributed by atoms with van der Waals surface area (Å²) in [5.41, 5.74) is 1.21.